The summed E-state index contributed by atoms with van der Waals surface area (Å²) >= 11 is 0. The molecule has 170 valence electrons. The maximum atomic E-state index is 13.3. The van der Waals surface area contributed by atoms with Gasteiger partial charge in [0.15, 0.2) is 5.96 Å². The molecule has 1 aliphatic rings. The first kappa shape index (κ1) is 25.4. The number of morpholine rings is 1. The zero-order valence-corrected chi connectivity index (χ0v) is 20.5. The van der Waals surface area contributed by atoms with Crippen molar-refractivity contribution in [2.75, 3.05) is 40.5 Å². The molecule has 0 spiro atoms. The van der Waals surface area contributed by atoms with Gasteiger partial charge in [0.2, 0.25) is 0 Å². The maximum absolute atomic E-state index is 13.3. The molecule has 0 amide bonds. The lowest BCUT2D eigenvalue weighted by molar-refractivity contribution is -0.0605. The number of halogens is 2. The summed E-state index contributed by atoms with van der Waals surface area (Å²) in [4.78, 5) is 6.64. The van der Waals surface area contributed by atoms with Crippen LogP contribution in [0.5, 0.6) is 5.75 Å². The van der Waals surface area contributed by atoms with Gasteiger partial charge >= 0.3 is 0 Å². The molecule has 2 aromatic carbocycles. The topological polar surface area (TPSA) is 55.3 Å². The number of hydrogen-bond donors (Lipinski definition) is 1. The van der Waals surface area contributed by atoms with E-state index in [9.17, 15) is 4.39 Å². The van der Waals surface area contributed by atoms with E-state index in [-0.39, 0.29) is 42.0 Å². The van der Waals surface area contributed by atoms with Crippen molar-refractivity contribution in [2.24, 2.45) is 4.99 Å². The summed E-state index contributed by atoms with van der Waals surface area (Å²) in [5.41, 5.74) is 2.06. The minimum atomic E-state index is -0.245. The smallest absolute Gasteiger partial charge is 0.194 e. The summed E-state index contributed by atoms with van der Waals surface area (Å²) in [5, 5.41) is 3.43. The number of benzene rings is 2. The van der Waals surface area contributed by atoms with E-state index in [1.54, 1.807) is 26.3 Å². The molecule has 8 heteroatoms. The Balaban J connectivity index is 0.00000341. The van der Waals surface area contributed by atoms with Gasteiger partial charge in [-0.2, -0.15) is 0 Å². The Morgan fingerprint density at radius 1 is 1.19 bits per heavy atom. The molecule has 2 aromatic rings. The van der Waals surface area contributed by atoms with E-state index in [0.717, 1.165) is 29.4 Å². The van der Waals surface area contributed by atoms with Crippen LogP contribution in [0.25, 0.3) is 0 Å². The third-order valence-corrected chi connectivity index (χ3v) is 4.92. The molecule has 1 fully saturated rings. The van der Waals surface area contributed by atoms with Gasteiger partial charge in [0, 0.05) is 27.2 Å². The monoisotopic (exact) mass is 543 g/mol. The van der Waals surface area contributed by atoms with Crippen LogP contribution < -0.4 is 10.1 Å². The predicted molar refractivity (Wildman–Crippen MR) is 131 cm³/mol. The van der Waals surface area contributed by atoms with Crippen LogP contribution in [0.2, 0.25) is 0 Å². The van der Waals surface area contributed by atoms with Crippen LogP contribution in [-0.4, -0.2) is 57.4 Å². The van der Waals surface area contributed by atoms with Crippen molar-refractivity contribution >= 4 is 29.9 Å². The average Bonchev–Trinajstić information content (AvgIpc) is 2.75. The standard InChI is InChI=1S/C23H30FN3O3.HI/c1-17-15-27(16-22(30-17)19-7-9-20(24)10-8-19)23(25-2)26-14-18-5-4-6-21(13-18)29-12-11-28-3;/h4-10,13,17,22H,11-12,14-16H2,1-3H3,(H,25,26);1H. The van der Waals surface area contributed by atoms with E-state index in [0.29, 0.717) is 26.3 Å². The van der Waals surface area contributed by atoms with Crippen LogP contribution in [-0.2, 0) is 16.0 Å². The van der Waals surface area contributed by atoms with Gasteiger partial charge in [0.1, 0.15) is 24.3 Å². The van der Waals surface area contributed by atoms with Crippen LogP contribution in [0.1, 0.15) is 24.2 Å². The zero-order chi connectivity index (χ0) is 21.3. The molecule has 3 rings (SSSR count). The van der Waals surface area contributed by atoms with Gasteiger partial charge in [0.05, 0.1) is 19.3 Å². The van der Waals surface area contributed by atoms with Gasteiger partial charge in [-0.05, 0) is 42.3 Å². The highest BCUT2D eigenvalue weighted by Gasteiger charge is 2.28. The summed E-state index contributed by atoms with van der Waals surface area (Å²) in [6.45, 7) is 5.12. The fourth-order valence-electron chi connectivity index (χ4n) is 3.49. The van der Waals surface area contributed by atoms with Crippen molar-refractivity contribution in [3.63, 3.8) is 0 Å². The largest absolute Gasteiger partial charge is 0.491 e. The van der Waals surface area contributed by atoms with Gasteiger partial charge in [-0.3, -0.25) is 4.99 Å². The fourth-order valence-corrected chi connectivity index (χ4v) is 3.49. The Morgan fingerprint density at radius 3 is 2.68 bits per heavy atom. The highest BCUT2D eigenvalue weighted by atomic mass is 127. The summed E-state index contributed by atoms with van der Waals surface area (Å²) in [6.07, 6.45) is -0.102. The number of aliphatic imine (C=N–C) groups is 1. The molecule has 0 aromatic heterocycles. The van der Waals surface area contributed by atoms with E-state index in [1.165, 1.54) is 12.1 Å². The third-order valence-electron chi connectivity index (χ3n) is 4.92. The molecule has 0 aliphatic carbocycles. The molecule has 1 aliphatic heterocycles. The molecule has 0 saturated carbocycles. The van der Waals surface area contributed by atoms with Gasteiger partial charge in [0.25, 0.3) is 0 Å². The Bertz CT molecular complexity index is 835. The first-order valence-corrected chi connectivity index (χ1v) is 10.2. The zero-order valence-electron chi connectivity index (χ0n) is 18.2. The van der Waals surface area contributed by atoms with Crippen molar-refractivity contribution < 1.29 is 18.6 Å². The minimum Gasteiger partial charge on any atom is -0.491 e. The van der Waals surface area contributed by atoms with Crippen LogP contribution in [0.4, 0.5) is 4.39 Å². The Kier molecular flexibility index (Phi) is 10.5. The van der Waals surface area contributed by atoms with Gasteiger partial charge in [-0.1, -0.05) is 24.3 Å². The molecular formula is C23H31FIN3O3. The van der Waals surface area contributed by atoms with Crippen molar-refractivity contribution in [1.82, 2.24) is 10.2 Å². The highest BCUT2D eigenvalue weighted by Crippen LogP contribution is 2.25. The Hall–Kier alpha value is -1.91. The van der Waals surface area contributed by atoms with Crippen molar-refractivity contribution in [1.29, 1.82) is 0 Å². The molecule has 2 unspecified atom stereocenters. The normalized spacial score (nSPS) is 19.0. The second-order valence-electron chi connectivity index (χ2n) is 7.28. The van der Waals surface area contributed by atoms with E-state index in [1.807, 2.05) is 31.2 Å². The number of hydrogen-bond acceptors (Lipinski definition) is 4. The lowest BCUT2D eigenvalue weighted by atomic mass is 10.1. The van der Waals surface area contributed by atoms with Gasteiger partial charge < -0.3 is 24.4 Å². The number of methoxy groups -OCH3 is 1. The van der Waals surface area contributed by atoms with Gasteiger partial charge in [-0.25, -0.2) is 4.39 Å². The van der Waals surface area contributed by atoms with E-state index < -0.39 is 0 Å². The lowest BCUT2D eigenvalue weighted by Crippen LogP contribution is -2.50. The predicted octanol–water partition coefficient (Wildman–Crippen LogP) is 4.01. The van der Waals surface area contributed by atoms with E-state index in [2.05, 4.69) is 15.2 Å². The van der Waals surface area contributed by atoms with E-state index >= 15 is 0 Å². The summed E-state index contributed by atoms with van der Waals surface area (Å²) < 4.78 is 30.1. The molecule has 1 heterocycles. The summed E-state index contributed by atoms with van der Waals surface area (Å²) in [6, 6.07) is 14.5. The molecule has 1 N–H and O–H groups in total. The summed E-state index contributed by atoms with van der Waals surface area (Å²) in [5.74, 6) is 1.38. The lowest BCUT2D eigenvalue weighted by Gasteiger charge is -2.38. The Labute approximate surface area is 200 Å². The number of nitrogens with one attached hydrogen (secondary N) is 1. The first-order chi connectivity index (χ1) is 14.6. The molecule has 31 heavy (non-hydrogen) atoms. The number of ether oxygens (including phenoxy) is 3. The second kappa shape index (κ2) is 12.8. The number of rotatable bonds is 7. The fraction of sp³-hybridized carbons (Fsp3) is 0.435. The maximum Gasteiger partial charge on any atom is 0.194 e. The molecular weight excluding hydrogens is 512 g/mol. The van der Waals surface area contributed by atoms with E-state index in [4.69, 9.17) is 14.2 Å². The molecule has 0 radical (unpaired) electrons. The molecule has 2 atom stereocenters. The summed E-state index contributed by atoms with van der Waals surface area (Å²) in [7, 11) is 3.43. The van der Waals surface area contributed by atoms with Crippen LogP contribution in [0, 0.1) is 5.82 Å². The van der Waals surface area contributed by atoms with Crippen molar-refractivity contribution in [2.45, 2.75) is 25.7 Å². The average molecular weight is 543 g/mol. The van der Waals surface area contributed by atoms with Crippen molar-refractivity contribution in [3.05, 3.63) is 65.5 Å². The molecule has 6 nitrogen and oxygen atoms in total. The molecule has 0 bridgehead atoms. The van der Waals surface area contributed by atoms with Gasteiger partial charge in [-0.15, -0.1) is 24.0 Å². The number of nitrogens with zero attached hydrogens (tertiary/aromatic N) is 2. The second-order valence-corrected chi connectivity index (χ2v) is 7.28. The first-order valence-electron chi connectivity index (χ1n) is 10.2. The quantitative estimate of drug-likeness (QED) is 0.248. The SMILES string of the molecule is CN=C(NCc1cccc(OCCOC)c1)N1CC(C)OC(c2ccc(F)cc2)C1.I. The molecule has 1 saturated heterocycles. The highest BCUT2D eigenvalue weighted by molar-refractivity contribution is 14.0. The minimum absolute atomic E-state index is 0. The van der Waals surface area contributed by atoms with Crippen LogP contribution in [0.3, 0.4) is 0 Å². The third kappa shape index (κ3) is 7.62. The Morgan fingerprint density at radius 2 is 1.97 bits per heavy atom. The van der Waals surface area contributed by atoms with Crippen LogP contribution in [0.15, 0.2) is 53.5 Å². The van der Waals surface area contributed by atoms with Crippen LogP contribution >= 0.6 is 24.0 Å². The van der Waals surface area contributed by atoms with Crippen molar-refractivity contribution in [3.8, 4) is 5.75 Å². The number of guanidine groups is 1.